The van der Waals surface area contributed by atoms with Gasteiger partial charge in [-0.1, -0.05) is 20.8 Å². The Morgan fingerprint density at radius 1 is 1.37 bits per heavy atom. The molecule has 0 radical (unpaired) electrons. The van der Waals surface area contributed by atoms with E-state index in [1.807, 2.05) is 13.8 Å². The van der Waals surface area contributed by atoms with Gasteiger partial charge in [-0.05, 0) is 13.0 Å². The molecule has 6 heteroatoms. The molecule has 19 heavy (non-hydrogen) atoms. The Bertz CT molecular complexity index is 386. The van der Waals surface area contributed by atoms with Crippen LogP contribution in [0.5, 0.6) is 5.75 Å². The molecule has 1 heterocycles. The van der Waals surface area contributed by atoms with Gasteiger partial charge in [0.15, 0.2) is 5.75 Å². The smallest absolute Gasteiger partial charge is 0.272 e. The first-order chi connectivity index (χ1) is 9.04. The van der Waals surface area contributed by atoms with Gasteiger partial charge in [-0.3, -0.25) is 0 Å². The van der Waals surface area contributed by atoms with E-state index >= 15 is 0 Å². The summed E-state index contributed by atoms with van der Waals surface area (Å²) in [7, 11) is 0. The largest absolute Gasteiger partial charge is 0.484 e. The third-order valence-corrected chi connectivity index (χ3v) is 2.45. The van der Waals surface area contributed by atoms with Crippen molar-refractivity contribution in [2.45, 2.75) is 46.1 Å². The number of rotatable bonds is 8. The standard InChI is InChI=1S/C13H21F2N3O/c1-4-5-16-6-10-11(19-8-12(14)15)7-17-13(18-10)9(2)3/h7,9,12,16H,4-6,8H2,1-3H3. The van der Waals surface area contributed by atoms with Crippen LogP contribution in [0.15, 0.2) is 6.20 Å². The Hall–Kier alpha value is -1.30. The van der Waals surface area contributed by atoms with Crippen molar-refractivity contribution < 1.29 is 13.5 Å². The first-order valence-electron chi connectivity index (χ1n) is 6.52. The Labute approximate surface area is 112 Å². The van der Waals surface area contributed by atoms with Crippen LogP contribution in [0.1, 0.15) is 44.6 Å². The van der Waals surface area contributed by atoms with Crippen LogP contribution in [0.25, 0.3) is 0 Å². The summed E-state index contributed by atoms with van der Waals surface area (Å²) in [6.07, 6.45) is -0.0236. The molecule has 0 aliphatic carbocycles. The summed E-state index contributed by atoms with van der Waals surface area (Å²) in [6, 6.07) is 0. The minimum absolute atomic E-state index is 0.189. The maximum atomic E-state index is 12.2. The van der Waals surface area contributed by atoms with E-state index in [1.54, 1.807) is 0 Å². The molecule has 0 fully saturated rings. The number of alkyl halides is 2. The fraction of sp³-hybridized carbons (Fsp3) is 0.692. The number of halogens is 2. The SMILES string of the molecule is CCCNCc1nc(C(C)C)ncc1OCC(F)F. The second kappa shape index (κ2) is 7.99. The van der Waals surface area contributed by atoms with E-state index in [0.29, 0.717) is 23.8 Å². The van der Waals surface area contributed by atoms with Gasteiger partial charge in [0.1, 0.15) is 12.4 Å². The van der Waals surface area contributed by atoms with Gasteiger partial charge in [0, 0.05) is 12.5 Å². The molecule has 0 saturated carbocycles. The average molecular weight is 273 g/mol. The molecule has 108 valence electrons. The second-order valence-electron chi connectivity index (χ2n) is 4.57. The molecule has 0 aliphatic heterocycles. The van der Waals surface area contributed by atoms with Crippen molar-refractivity contribution in [1.82, 2.24) is 15.3 Å². The van der Waals surface area contributed by atoms with Gasteiger partial charge in [0.05, 0.1) is 11.9 Å². The van der Waals surface area contributed by atoms with E-state index in [1.165, 1.54) is 6.20 Å². The Morgan fingerprint density at radius 3 is 2.68 bits per heavy atom. The van der Waals surface area contributed by atoms with Gasteiger partial charge in [0.25, 0.3) is 6.43 Å². The van der Waals surface area contributed by atoms with Crippen molar-refractivity contribution in [1.29, 1.82) is 0 Å². The molecule has 0 bridgehead atoms. The van der Waals surface area contributed by atoms with Gasteiger partial charge in [0.2, 0.25) is 0 Å². The molecular formula is C13H21F2N3O. The molecule has 0 amide bonds. The highest BCUT2D eigenvalue weighted by molar-refractivity contribution is 5.25. The molecule has 1 aromatic rings. The molecular weight excluding hydrogens is 252 g/mol. The molecule has 0 atom stereocenters. The van der Waals surface area contributed by atoms with Crippen LogP contribution in [0.3, 0.4) is 0 Å². The lowest BCUT2D eigenvalue weighted by atomic mass is 10.2. The number of nitrogens with zero attached hydrogens (tertiary/aromatic N) is 2. The summed E-state index contributed by atoms with van der Waals surface area (Å²) < 4.78 is 29.4. The number of hydrogen-bond donors (Lipinski definition) is 1. The van der Waals surface area contributed by atoms with Crippen LogP contribution < -0.4 is 10.1 Å². The van der Waals surface area contributed by atoms with Gasteiger partial charge in [-0.25, -0.2) is 18.7 Å². The van der Waals surface area contributed by atoms with Crippen LogP contribution in [0, 0.1) is 0 Å². The van der Waals surface area contributed by atoms with E-state index in [4.69, 9.17) is 4.74 Å². The highest BCUT2D eigenvalue weighted by Gasteiger charge is 2.12. The quantitative estimate of drug-likeness (QED) is 0.740. The molecule has 4 nitrogen and oxygen atoms in total. The Kier molecular flexibility index (Phi) is 6.62. The van der Waals surface area contributed by atoms with Crippen molar-refractivity contribution >= 4 is 0 Å². The van der Waals surface area contributed by atoms with Crippen LogP contribution in [-0.4, -0.2) is 29.5 Å². The lowest BCUT2D eigenvalue weighted by Gasteiger charge is -2.13. The zero-order valence-corrected chi connectivity index (χ0v) is 11.6. The third kappa shape index (κ3) is 5.46. The highest BCUT2D eigenvalue weighted by Crippen LogP contribution is 2.19. The summed E-state index contributed by atoms with van der Waals surface area (Å²) in [5, 5.41) is 3.19. The molecule has 0 unspecified atom stereocenters. The fourth-order valence-corrected chi connectivity index (χ4v) is 1.48. The molecule has 1 aromatic heterocycles. The van der Waals surface area contributed by atoms with Gasteiger partial charge in [-0.2, -0.15) is 0 Å². The fourth-order valence-electron chi connectivity index (χ4n) is 1.48. The average Bonchev–Trinajstić information content (AvgIpc) is 2.37. The topological polar surface area (TPSA) is 47.0 Å². The van der Waals surface area contributed by atoms with Crippen LogP contribution in [-0.2, 0) is 6.54 Å². The minimum atomic E-state index is -2.50. The van der Waals surface area contributed by atoms with Crippen LogP contribution in [0.4, 0.5) is 8.78 Å². The van der Waals surface area contributed by atoms with E-state index in [9.17, 15) is 8.78 Å². The Morgan fingerprint density at radius 2 is 2.11 bits per heavy atom. The third-order valence-electron chi connectivity index (χ3n) is 2.45. The lowest BCUT2D eigenvalue weighted by molar-refractivity contribution is 0.0808. The maximum absolute atomic E-state index is 12.2. The zero-order valence-electron chi connectivity index (χ0n) is 11.6. The molecule has 1 rings (SSSR count). The predicted molar refractivity (Wildman–Crippen MR) is 69.6 cm³/mol. The first-order valence-corrected chi connectivity index (χ1v) is 6.52. The number of nitrogens with one attached hydrogen (secondary N) is 1. The van der Waals surface area contributed by atoms with E-state index < -0.39 is 13.0 Å². The number of aromatic nitrogens is 2. The number of hydrogen-bond acceptors (Lipinski definition) is 4. The second-order valence-corrected chi connectivity index (χ2v) is 4.57. The Balaban J connectivity index is 2.81. The lowest BCUT2D eigenvalue weighted by Crippen LogP contribution is -2.18. The summed E-state index contributed by atoms with van der Waals surface area (Å²) >= 11 is 0. The summed E-state index contributed by atoms with van der Waals surface area (Å²) in [5.74, 6) is 1.21. The van der Waals surface area contributed by atoms with Gasteiger partial charge < -0.3 is 10.1 Å². The molecule has 0 aliphatic rings. The minimum Gasteiger partial charge on any atom is -0.484 e. The predicted octanol–water partition coefficient (Wildman–Crippen LogP) is 2.74. The molecule has 1 N–H and O–H groups in total. The highest BCUT2D eigenvalue weighted by atomic mass is 19.3. The molecule has 0 aromatic carbocycles. The zero-order chi connectivity index (χ0) is 14.3. The van der Waals surface area contributed by atoms with Gasteiger partial charge >= 0.3 is 0 Å². The summed E-state index contributed by atoms with van der Waals surface area (Å²) in [4.78, 5) is 8.51. The van der Waals surface area contributed by atoms with Crippen molar-refractivity contribution in [3.05, 3.63) is 17.7 Å². The van der Waals surface area contributed by atoms with E-state index in [0.717, 1.165) is 13.0 Å². The van der Waals surface area contributed by atoms with Crippen molar-refractivity contribution in [3.8, 4) is 5.75 Å². The van der Waals surface area contributed by atoms with Crippen molar-refractivity contribution in [3.63, 3.8) is 0 Å². The molecule has 0 spiro atoms. The van der Waals surface area contributed by atoms with E-state index in [2.05, 4.69) is 22.2 Å². The van der Waals surface area contributed by atoms with Crippen molar-refractivity contribution in [2.75, 3.05) is 13.2 Å². The van der Waals surface area contributed by atoms with Crippen molar-refractivity contribution in [2.24, 2.45) is 0 Å². The maximum Gasteiger partial charge on any atom is 0.272 e. The van der Waals surface area contributed by atoms with Gasteiger partial charge in [-0.15, -0.1) is 0 Å². The monoisotopic (exact) mass is 273 g/mol. The van der Waals surface area contributed by atoms with E-state index in [-0.39, 0.29) is 5.92 Å². The summed E-state index contributed by atoms with van der Waals surface area (Å²) in [5.41, 5.74) is 0.632. The number of ether oxygens (including phenoxy) is 1. The normalized spacial score (nSPS) is 11.3. The van der Waals surface area contributed by atoms with Crippen LogP contribution in [0.2, 0.25) is 0 Å². The summed E-state index contributed by atoms with van der Waals surface area (Å²) in [6.45, 7) is 6.73. The molecule has 0 saturated heterocycles. The first kappa shape index (κ1) is 15.8. The van der Waals surface area contributed by atoms with Crippen LogP contribution >= 0.6 is 0 Å².